The van der Waals surface area contributed by atoms with E-state index in [2.05, 4.69) is 0 Å². The summed E-state index contributed by atoms with van der Waals surface area (Å²) < 4.78 is 26.0. The molecule has 0 spiro atoms. The molecule has 1 N–H and O–H groups in total. The van der Waals surface area contributed by atoms with E-state index >= 15 is 0 Å². The summed E-state index contributed by atoms with van der Waals surface area (Å²) in [5, 5.41) is 19.2. The van der Waals surface area contributed by atoms with Gasteiger partial charge in [-0.2, -0.15) is 5.26 Å². The molecule has 1 saturated carbocycles. The van der Waals surface area contributed by atoms with Crippen LogP contribution in [-0.2, 0) is 15.8 Å². The van der Waals surface area contributed by atoms with Crippen LogP contribution in [-0.4, -0.2) is 37.0 Å². The van der Waals surface area contributed by atoms with E-state index in [4.69, 9.17) is 5.26 Å². The smallest absolute Gasteiger partial charge is 0.218 e. The van der Waals surface area contributed by atoms with Gasteiger partial charge in [0.05, 0.1) is 23.0 Å². The number of hydrogen-bond donors (Lipinski definition) is 1. The largest absolute Gasteiger partial charge is 0.389 e. The second kappa shape index (κ2) is 6.14. The Balaban J connectivity index is 2.08. The second-order valence-electron chi connectivity index (χ2n) is 5.76. The first kappa shape index (κ1) is 16.0. The number of hydrogen-bond acceptors (Lipinski definition) is 4. The Kier molecular flexibility index (Phi) is 4.67. The number of likely N-dealkylation sites (N-methyl/N-ethyl adjacent to an activating group) is 1. The highest BCUT2D eigenvalue weighted by Gasteiger charge is 2.35. The van der Waals surface area contributed by atoms with Gasteiger partial charge in [-0.1, -0.05) is 25.0 Å². The zero-order chi connectivity index (χ0) is 15.5. The summed E-state index contributed by atoms with van der Waals surface area (Å²) in [5.74, 6) is -0.158. The van der Waals surface area contributed by atoms with Gasteiger partial charge in [-0.25, -0.2) is 12.7 Å². The minimum absolute atomic E-state index is 0.132. The standard InChI is InChI=1S/C15H20N2O3S/c1-17(12-15(18)7-2-3-8-15)21(19,20)11-14-6-4-5-13(9-14)10-16/h4-6,9,18H,2-3,7-8,11-12H2,1H3. The lowest BCUT2D eigenvalue weighted by atomic mass is 10.0. The third-order valence-electron chi connectivity index (χ3n) is 3.93. The van der Waals surface area contributed by atoms with Crippen molar-refractivity contribution in [1.29, 1.82) is 5.26 Å². The molecule has 114 valence electrons. The molecule has 0 saturated heterocycles. The molecule has 1 aromatic rings. The van der Waals surface area contributed by atoms with Gasteiger partial charge < -0.3 is 5.11 Å². The lowest BCUT2D eigenvalue weighted by Gasteiger charge is -2.28. The highest BCUT2D eigenvalue weighted by molar-refractivity contribution is 7.88. The summed E-state index contributed by atoms with van der Waals surface area (Å²) in [6, 6.07) is 8.58. The van der Waals surface area contributed by atoms with E-state index in [0.717, 1.165) is 12.8 Å². The molecule has 0 aliphatic heterocycles. The van der Waals surface area contributed by atoms with Gasteiger partial charge in [-0.05, 0) is 30.5 Å². The summed E-state index contributed by atoms with van der Waals surface area (Å²) in [6.07, 6.45) is 3.18. The fourth-order valence-corrected chi connectivity index (χ4v) is 4.01. The maximum Gasteiger partial charge on any atom is 0.218 e. The molecule has 21 heavy (non-hydrogen) atoms. The van der Waals surface area contributed by atoms with Crippen molar-refractivity contribution in [3.05, 3.63) is 35.4 Å². The third-order valence-corrected chi connectivity index (χ3v) is 5.71. The normalized spacial score (nSPS) is 17.8. The third kappa shape index (κ3) is 4.03. The van der Waals surface area contributed by atoms with Crippen LogP contribution in [0.2, 0.25) is 0 Å². The molecule has 1 aromatic carbocycles. The van der Waals surface area contributed by atoms with Crippen LogP contribution < -0.4 is 0 Å². The van der Waals surface area contributed by atoms with Crippen molar-refractivity contribution in [1.82, 2.24) is 4.31 Å². The molecule has 1 aliphatic rings. The Morgan fingerprint density at radius 1 is 1.38 bits per heavy atom. The summed E-state index contributed by atoms with van der Waals surface area (Å²) in [4.78, 5) is 0. The molecular formula is C15H20N2O3S. The Morgan fingerprint density at radius 3 is 2.67 bits per heavy atom. The highest BCUT2D eigenvalue weighted by atomic mass is 32.2. The highest BCUT2D eigenvalue weighted by Crippen LogP contribution is 2.30. The monoisotopic (exact) mass is 308 g/mol. The number of aliphatic hydroxyl groups is 1. The lowest BCUT2D eigenvalue weighted by Crippen LogP contribution is -2.42. The average molecular weight is 308 g/mol. The predicted molar refractivity (Wildman–Crippen MR) is 79.8 cm³/mol. The van der Waals surface area contributed by atoms with Crippen LogP contribution in [0.5, 0.6) is 0 Å². The van der Waals surface area contributed by atoms with Gasteiger partial charge in [0.15, 0.2) is 0 Å². The minimum Gasteiger partial charge on any atom is -0.389 e. The van der Waals surface area contributed by atoms with Crippen molar-refractivity contribution >= 4 is 10.0 Å². The maximum atomic E-state index is 12.4. The zero-order valence-corrected chi connectivity index (χ0v) is 12.9. The van der Waals surface area contributed by atoms with Gasteiger partial charge in [0, 0.05) is 13.6 Å². The van der Waals surface area contributed by atoms with Gasteiger partial charge in [-0.15, -0.1) is 0 Å². The van der Waals surface area contributed by atoms with Crippen LogP contribution >= 0.6 is 0 Å². The number of rotatable bonds is 5. The molecule has 5 nitrogen and oxygen atoms in total. The second-order valence-corrected chi connectivity index (χ2v) is 7.83. The summed E-state index contributed by atoms with van der Waals surface area (Å²) >= 11 is 0. The fraction of sp³-hybridized carbons (Fsp3) is 0.533. The van der Waals surface area contributed by atoms with Crippen LogP contribution in [0.3, 0.4) is 0 Å². The van der Waals surface area contributed by atoms with Crippen molar-refractivity contribution < 1.29 is 13.5 Å². The SMILES string of the molecule is CN(CC1(O)CCCC1)S(=O)(=O)Cc1cccc(C#N)c1. The zero-order valence-electron chi connectivity index (χ0n) is 12.1. The summed E-state index contributed by atoms with van der Waals surface area (Å²) in [5.41, 5.74) is 0.134. The molecule has 1 aliphatic carbocycles. The van der Waals surface area contributed by atoms with Gasteiger partial charge in [0.25, 0.3) is 0 Å². The molecule has 0 heterocycles. The van der Waals surface area contributed by atoms with Crippen LogP contribution in [0.15, 0.2) is 24.3 Å². The van der Waals surface area contributed by atoms with E-state index in [0.29, 0.717) is 24.0 Å². The molecule has 2 rings (SSSR count). The van der Waals surface area contributed by atoms with E-state index in [9.17, 15) is 13.5 Å². The molecule has 1 fully saturated rings. The van der Waals surface area contributed by atoms with E-state index in [1.807, 2.05) is 6.07 Å². The first-order chi connectivity index (χ1) is 9.85. The van der Waals surface area contributed by atoms with Gasteiger partial charge >= 0.3 is 0 Å². The van der Waals surface area contributed by atoms with Crippen molar-refractivity contribution in [3.8, 4) is 6.07 Å². The van der Waals surface area contributed by atoms with E-state index in [-0.39, 0.29) is 12.3 Å². The van der Waals surface area contributed by atoms with Crippen molar-refractivity contribution in [2.75, 3.05) is 13.6 Å². The molecule has 6 heteroatoms. The average Bonchev–Trinajstić information content (AvgIpc) is 2.85. The van der Waals surface area contributed by atoms with E-state index < -0.39 is 15.6 Å². The van der Waals surface area contributed by atoms with Crippen LogP contribution in [0, 0.1) is 11.3 Å². The first-order valence-corrected chi connectivity index (χ1v) is 8.61. The van der Waals surface area contributed by atoms with Crippen molar-refractivity contribution in [2.24, 2.45) is 0 Å². The molecule has 0 amide bonds. The molecule has 0 bridgehead atoms. The molecular weight excluding hydrogens is 288 g/mol. The molecule has 0 unspecified atom stereocenters. The summed E-state index contributed by atoms with van der Waals surface area (Å²) in [6.45, 7) is 0.132. The van der Waals surface area contributed by atoms with Gasteiger partial charge in [0.2, 0.25) is 10.0 Å². The molecule has 0 atom stereocenters. The Bertz CT molecular complexity index is 643. The van der Waals surface area contributed by atoms with Crippen LogP contribution in [0.4, 0.5) is 0 Å². The van der Waals surface area contributed by atoms with Gasteiger partial charge in [-0.3, -0.25) is 0 Å². The van der Waals surface area contributed by atoms with Crippen LogP contribution in [0.25, 0.3) is 0 Å². The Morgan fingerprint density at radius 2 is 2.05 bits per heavy atom. The molecule has 0 radical (unpaired) electrons. The van der Waals surface area contributed by atoms with Gasteiger partial charge in [0.1, 0.15) is 0 Å². The first-order valence-electron chi connectivity index (χ1n) is 7.00. The lowest BCUT2D eigenvalue weighted by molar-refractivity contribution is 0.0333. The number of nitriles is 1. The fourth-order valence-electron chi connectivity index (χ4n) is 2.76. The Hall–Kier alpha value is -1.42. The van der Waals surface area contributed by atoms with E-state index in [1.165, 1.54) is 11.4 Å². The summed E-state index contributed by atoms with van der Waals surface area (Å²) in [7, 11) is -2.00. The van der Waals surface area contributed by atoms with Crippen LogP contribution in [0.1, 0.15) is 36.8 Å². The Labute approximate surface area is 125 Å². The van der Waals surface area contributed by atoms with Crippen molar-refractivity contribution in [3.63, 3.8) is 0 Å². The molecule has 0 aromatic heterocycles. The van der Waals surface area contributed by atoms with E-state index in [1.54, 1.807) is 24.3 Å². The number of sulfonamides is 1. The predicted octanol–water partition coefficient (Wildman–Crippen LogP) is 1.62. The topological polar surface area (TPSA) is 81.4 Å². The van der Waals surface area contributed by atoms with Crippen molar-refractivity contribution in [2.45, 2.75) is 37.0 Å². The maximum absolute atomic E-state index is 12.4. The quantitative estimate of drug-likeness (QED) is 0.896. The number of benzene rings is 1. The number of nitrogens with zero attached hydrogens (tertiary/aromatic N) is 2. The minimum atomic E-state index is -3.50.